The summed E-state index contributed by atoms with van der Waals surface area (Å²) in [6.07, 6.45) is -1.08. The minimum atomic E-state index is -0.968. The maximum Gasteiger partial charge on any atom is 0.308 e. The summed E-state index contributed by atoms with van der Waals surface area (Å²) in [4.78, 5) is 11.8. The van der Waals surface area contributed by atoms with Crippen LogP contribution in [0.4, 0.5) is 0 Å². The number of carbonyl (C=O) groups excluding carboxylic acids is 1. The van der Waals surface area contributed by atoms with Crippen LogP contribution in [0.25, 0.3) is 0 Å². The zero-order valence-corrected chi connectivity index (χ0v) is 16.5. The lowest BCUT2D eigenvalue weighted by molar-refractivity contribution is -0.147. The molecule has 4 nitrogen and oxygen atoms in total. The van der Waals surface area contributed by atoms with Gasteiger partial charge in [-0.25, -0.2) is 0 Å². The highest BCUT2D eigenvalue weighted by atomic mass is 16.5. The van der Waals surface area contributed by atoms with Crippen LogP contribution in [0.2, 0.25) is 0 Å². The van der Waals surface area contributed by atoms with E-state index in [0.717, 1.165) is 16.7 Å². The number of rotatable bonds is 9. The van der Waals surface area contributed by atoms with Gasteiger partial charge in [-0.2, -0.15) is 0 Å². The predicted octanol–water partition coefficient (Wildman–Crippen LogP) is 4.31. The molecule has 0 radical (unpaired) electrons. The highest BCUT2D eigenvalue weighted by molar-refractivity contribution is 5.69. The van der Waals surface area contributed by atoms with Gasteiger partial charge in [0.05, 0.1) is 25.7 Å². The van der Waals surface area contributed by atoms with Gasteiger partial charge in [0.2, 0.25) is 0 Å². The fourth-order valence-electron chi connectivity index (χ4n) is 3.46. The van der Waals surface area contributed by atoms with E-state index in [0.29, 0.717) is 0 Å². The maximum atomic E-state index is 11.8. The van der Waals surface area contributed by atoms with Crippen LogP contribution in [0, 0.1) is 0 Å². The summed E-state index contributed by atoms with van der Waals surface area (Å²) in [5, 5.41) is 10.4. The summed E-state index contributed by atoms with van der Waals surface area (Å²) in [5.41, 5.74) is 1.92. The van der Waals surface area contributed by atoms with Crippen molar-refractivity contribution < 1.29 is 19.4 Å². The van der Waals surface area contributed by atoms with Gasteiger partial charge in [-0.3, -0.25) is 4.79 Å². The standard InChI is InChI=1S/C25H26O4/c1-2-28-24(27)18-23(26)19-29-25(20-12-6-3-7-13-20,21-14-8-4-9-15-21)22-16-10-5-11-17-22/h3-17,23,26H,2,18-19H2,1H3. The van der Waals surface area contributed by atoms with Crippen molar-refractivity contribution in [2.75, 3.05) is 13.2 Å². The number of ether oxygens (including phenoxy) is 2. The molecule has 0 fully saturated rings. The Hall–Kier alpha value is -2.95. The van der Waals surface area contributed by atoms with Gasteiger partial charge in [-0.05, 0) is 23.6 Å². The molecule has 0 aromatic heterocycles. The van der Waals surface area contributed by atoms with E-state index in [-0.39, 0.29) is 19.6 Å². The summed E-state index contributed by atoms with van der Waals surface area (Å²) in [6.45, 7) is 2.01. The minimum absolute atomic E-state index is 0.0164. The summed E-state index contributed by atoms with van der Waals surface area (Å²) < 4.78 is 11.4. The van der Waals surface area contributed by atoms with Crippen LogP contribution in [0.1, 0.15) is 30.0 Å². The quantitative estimate of drug-likeness (QED) is 0.437. The third-order valence-corrected chi connectivity index (χ3v) is 4.74. The lowest BCUT2D eigenvalue weighted by Crippen LogP contribution is -2.36. The van der Waals surface area contributed by atoms with Gasteiger partial charge in [-0.15, -0.1) is 0 Å². The molecule has 0 amide bonds. The fourth-order valence-corrected chi connectivity index (χ4v) is 3.46. The van der Waals surface area contributed by atoms with Crippen molar-refractivity contribution >= 4 is 5.97 Å². The number of aliphatic hydroxyl groups excluding tert-OH is 1. The first-order valence-electron chi connectivity index (χ1n) is 9.81. The molecule has 1 unspecified atom stereocenters. The number of benzene rings is 3. The maximum absolute atomic E-state index is 11.8. The Bertz CT molecular complexity index is 782. The van der Waals surface area contributed by atoms with Crippen molar-refractivity contribution in [1.82, 2.24) is 0 Å². The van der Waals surface area contributed by atoms with Crippen LogP contribution in [0.15, 0.2) is 91.0 Å². The van der Waals surface area contributed by atoms with Crippen LogP contribution >= 0.6 is 0 Å². The van der Waals surface area contributed by atoms with E-state index in [1.165, 1.54) is 0 Å². The van der Waals surface area contributed by atoms with Gasteiger partial charge in [0.15, 0.2) is 0 Å². The molecule has 0 saturated heterocycles. The van der Waals surface area contributed by atoms with E-state index in [4.69, 9.17) is 9.47 Å². The molecule has 3 aromatic rings. The zero-order valence-electron chi connectivity index (χ0n) is 16.5. The van der Waals surface area contributed by atoms with Gasteiger partial charge >= 0.3 is 5.97 Å². The Morgan fingerprint density at radius 2 is 1.24 bits per heavy atom. The van der Waals surface area contributed by atoms with Crippen LogP contribution in [-0.4, -0.2) is 30.4 Å². The minimum Gasteiger partial charge on any atom is -0.466 e. The zero-order chi connectivity index (χ0) is 20.5. The van der Waals surface area contributed by atoms with Gasteiger partial charge in [0, 0.05) is 0 Å². The number of aliphatic hydroxyl groups is 1. The van der Waals surface area contributed by atoms with Crippen molar-refractivity contribution in [2.24, 2.45) is 0 Å². The molecule has 4 heteroatoms. The highest BCUT2D eigenvalue weighted by Gasteiger charge is 2.38. The Labute approximate surface area is 171 Å². The molecular formula is C25H26O4. The lowest BCUT2D eigenvalue weighted by atomic mass is 9.80. The first kappa shape index (κ1) is 20.8. The molecule has 0 aliphatic carbocycles. The molecule has 0 aliphatic heterocycles. The normalized spacial score (nSPS) is 12.3. The van der Waals surface area contributed by atoms with Crippen molar-refractivity contribution in [3.63, 3.8) is 0 Å². The predicted molar refractivity (Wildman–Crippen MR) is 112 cm³/mol. The summed E-state index contributed by atoms with van der Waals surface area (Å²) in [7, 11) is 0. The molecule has 1 N–H and O–H groups in total. The first-order valence-corrected chi connectivity index (χ1v) is 9.81. The molecule has 1 atom stereocenters. The molecular weight excluding hydrogens is 364 g/mol. The molecule has 0 aliphatic rings. The van der Waals surface area contributed by atoms with Gasteiger partial charge in [-0.1, -0.05) is 91.0 Å². The van der Waals surface area contributed by atoms with E-state index in [2.05, 4.69) is 0 Å². The topological polar surface area (TPSA) is 55.8 Å². The van der Waals surface area contributed by atoms with E-state index in [9.17, 15) is 9.90 Å². The number of hydrogen-bond donors (Lipinski definition) is 1. The fraction of sp³-hybridized carbons (Fsp3) is 0.240. The number of carbonyl (C=O) groups is 1. The van der Waals surface area contributed by atoms with E-state index >= 15 is 0 Å². The second-order valence-electron chi connectivity index (χ2n) is 6.75. The van der Waals surface area contributed by atoms with Crippen molar-refractivity contribution in [2.45, 2.75) is 25.0 Å². The Morgan fingerprint density at radius 3 is 1.62 bits per heavy atom. The molecule has 0 heterocycles. The van der Waals surface area contributed by atoms with Crippen LogP contribution < -0.4 is 0 Å². The monoisotopic (exact) mass is 390 g/mol. The molecule has 0 saturated carbocycles. The SMILES string of the molecule is CCOC(=O)CC(O)COC(c1ccccc1)(c1ccccc1)c1ccccc1. The third-order valence-electron chi connectivity index (χ3n) is 4.74. The van der Waals surface area contributed by atoms with Crippen molar-refractivity contribution in [3.05, 3.63) is 108 Å². The van der Waals surface area contributed by atoms with Crippen LogP contribution in [0.3, 0.4) is 0 Å². The third kappa shape index (κ3) is 4.91. The Balaban J connectivity index is 2.02. The molecule has 0 spiro atoms. The van der Waals surface area contributed by atoms with Gasteiger partial charge in [0.25, 0.3) is 0 Å². The van der Waals surface area contributed by atoms with Crippen LogP contribution in [-0.2, 0) is 19.9 Å². The highest BCUT2D eigenvalue weighted by Crippen LogP contribution is 2.40. The smallest absolute Gasteiger partial charge is 0.308 e. The molecule has 3 aromatic carbocycles. The first-order chi connectivity index (χ1) is 14.2. The molecule has 150 valence electrons. The van der Waals surface area contributed by atoms with Crippen molar-refractivity contribution in [3.8, 4) is 0 Å². The summed E-state index contributed by atoms with van der Waals surface area (Å²) in [5.74, 6) is -0.437. The molecule has 29 heavy (non-hydrogen) atoms. The molecule has 3 rings (SSSR count). The number of hydrogen-bond acceptors (Lipinski definition) is 4. The Kier molecular flexibility index (Phi) is 7.17. The summed E-state index contributed by atoms with van der Waals surface area (Å²) >= 11 is 0. The second-order valence-corrected chi connectivity index (χ2v) is 6.75. The van der Waals surface area contributed by atoms with E-state index in [1.807, 2.05) is 91.0 Å². The lowest BCUT2D eigenvalue weighted by Gasteiger charge is -2.36. The van der Waals surface area contributed by atoms with E-state index in [1.54, 1.807) is 6.92 Å². The van der Waals surface area contributed by atoms with Gasteiger partial charge < -0.3 is 14.6 Å². The number of esters is 1. The van der Waals surface area contributed by atoms with Crippen LogP contribution in [0.5, 0.6) is 0 Å². The van der Waals surface area contributed by atoms with Gasteiger partial charge in [0.1, 0.15) is 5.60 Å². The average Bonchev–Trinajstić information content (AvgIpc) is 2.76. The second kappa shape index (κ2) is 10.0. The molecule has 0 bridgehead atoms. The van der Waals surface area contributed by atoms with Crippen molar-refractivity contribution in [1.29, 1.82) is 0 Å². The largest absolute Gasteiger partial charge is 0.466 e. The van der Waals surface area contributed by atoms with E-state index < -0.39 is 17.7 Å². The Morgan fingerprint density at radius 1 is 0.828 bits per heavy atom. The summed E-state index contributed by atoms with van der Waals surface area (Å²) in [6, 6.07) is 29.7. The average molecular weight is 390 g/mol.